The molecule has 7 heteroatoms. The number of anilines is 1. The summed E-state index contributed by atoms with van der Waals surface area (Å²) in [5, 5.41) is 6.89. The molecule has 2 heterocycles. The zero-order valence-corrected chi connectivity index (χ0v) is 11.0. The second-order valence-electron chi connectivity index (χ2n) is 4.21. The van der Waals surface area contributed by atoms with Gasteiger partial charge in [-0.05, 0) is 12.1 Å². The molecular weight excluding hydrogens is 246 g/mol. The Bertz CT molecular complexity index is 579. The van der Waals surface area contributed by atoms with Crippen LogP contribution < -0.4 is 5.32 Å². The van der Waals surface area contributed by atoms with E-state index < -0.39 is 0 Å². The van der Waals surface area contributed by atoms with E-state index in [9.17, 15) is 4.79 Å². The third-order valence-corrected chi connectivity index (χ3v) is 2.41. The first kappa shape index (κ1) is 13.0. The average Bonchev–Trinajstić information content (AvgIpc) is 2.81. The summed E-state index contributed by atoms with van der Waals surface area (Å²) in [6.45, 7) is 2.16. The Kier molecular flexibility index (Phi) is 3.74. The average molecular weight is 261 g/mol. The molecule has 0 radical (unpaired) electrons. The molecular formula is C12H15N5O2. The van der Waals surface area contributed by atoms with Crippen molar-refractivity contribution in [2.75, 3.05) is 19.4 Å². The lowest BCUT2D eigenvalue weighted by Crippen LogP contribution is -2.22. The lowest BCUT2D eigenvalue weighted by atomic mass is 10.3. The number of aromatic nitrogens is 3. The van der Waals surface area contributed by atoms with Crippen LogP contribution in [0.1, 0.15) is 22.2 Å². The maximum Gasteiger partial charge on any atom is 0.272 e. The number of nitrogens with zero attached hydrogens (tertiary/aromatic N) is 4. The highest BCUT2D eigenvalue weighted by Gasteiger charge is 2.10. The van der Waals surface area contributed by atoms with Crippen molar-refractivity contribution >= 4 is 11.6 Å². The molecule has 0 aromatic carbocycles. The highest BCUT2D eigenvalue weighted by molar-refractivity contribution is 5.92. The van der Waals surface area contributed by atoms with Crippen molar-refractivity contribution in [3.8, 4) is 0 Å². The van der Waals surface area contributed by atoms with E-state index in [-0.39, 0.29) is 5.91 Å². The summed E-state index contributed by atoms with van der Waals surface area (Å²) in [5.74, 6) is 0.948. The van der Waals surface area contributed by atoms with Crippen LogP contribution in [0, 0.1) is 6.92 Å². The second-order valence-corrected chi connectivity index (χ2v) is 4.21. The number of aryl methyl sites for hydroxylation is 1. The molecule has 2 rings (SSSR count). The van der Waals surface area contributed by atoms with E-state index in [1.165, 1.54) is 4.90 Å². The van der Waals surface area contributed by atoms with Crippen LogP contribution in [0.4, 0.5) is 5.69 Å². The van der Waals surface area contributed by atoms with Gasteiger partial charge in [0.15, 0.2) is 5.82 Å². The van der Waals surface area contributed by atoms with Crippen LogP contribution in [-0.4, -0.2) is 40.0 Å². The van der Waals surface area contributed by atoms with Crippen LogP contribution in [0.3, 0.4) is 0 Å². The Hall–Kier alpha value is -2.44. The van der Waals surface area contributed by atoms with Gasteiger partial charge in [-0.15, -0.1) is 0 Å². The lowest BCUT2D eigenvalue weighted by molar-refractivity contribution is 0.0822. The summed E-state index contributed by atoms with van der Waals surface area (Å²) in [7, 11) is 3.37. The molecule has 0 spiro atoms. The smallest absolute Gasteiger partial charge is 0.272 e. The largest absolute Gasteiger partial charge is 0.377 e. The predicted molar refractivity (Wildman–Crippen MR) is 68.6 cm³/mol. The molecule has 1 amide bonds. The van der Waals surface area contributed by atoms with E-state index in [1.807, 2.05) is 0 Å². The Morgan fingerprint density at radius 1 is 1.47 bits per heavy atom. The molecule has 19 heavy (non-hydrogen) atoms. The van der Waals surface area contributed by atoms with Gasteiger partial charge in [-0.25, -0.2) is 0 Å². The third kappa shape index (κ3) is 3.27. The van der Waals surface area contributed by atoms with Gasteiger partial charge in [-0.1, -0.05) is 5.16 Å². The molecule has 0 unspecified atom stereocenters. The van der Waals surface area contributed by atoms with Crippen molar-refractivity contribution in [3.63, 3.8) is 0 Å². The van der Waals surface area contributed by atoms with Crippen LogP contribution in [0.2, 0.25) is 0 Å². The van der Waals surface area contributed by atoms with Crippen molar-refractivity contribution in [1.82, 2.24) is 20.0 Å². The zero-order valence-electron chi connectivity index (χ0n) is 11.0. The SMILES string of the molecule is Cc1nc(CNc2ccnc(C(=O)N(C)C)c2)no1. The van der Waals surface area contributed by atoms with Gasteiger partial charge in [0, 0.05) is 32.9 Å². The summed E-state index contributed by atoms with van der Waals surface area (Å²) >= 11 is 0. The Morgan fingerprint density at radius 2 is 2.26 bits per heavy atom. The maximum atomic E-state index is 11.8. The number of hydrogen-bond donors (Lipinski definition) is 1. The molecule has 0 atom stereocenters. The van der Waals surface area contributed by atoms with Gasteiger partial charge in [0.25, 0.3) is 5.91 Å². The summed E-state index contributed by atoms with van der Waals surface area (Å²) in [5.41, 5.74) is 1.17. The van der Waals surface area contributed by atoms with E-state index in [1.54, 1.807) is 39.3 Å². The number of carbonyl (C=O) groups is 1. The Morgan fingerprint density at radius 3 is 2.89 bits per heavy atom. The molecule has 0 aliphatic carbocycles. The fraction of sp³-hybridized carbons (Fsp3) is 0.333. The minimum atomic E-state index is -0.140. The molecule has 0 saturated heterocycles. The standard InChI is InChI=1S/C12H15N5O2/c1-8-15-11(16-19-8)7-14-9-4-5-13-10(6-9)12(18)17(2)3/h4-6H,7H2,1-3H3,(H,13,14). The molecule has 1 N–H and O–H groups in total. The molecule has 0 aliphatic rings. The Labute approximate surface area is 110 Å². The van der Waals surface area contributed by atoms with Gasteiger partial charge in [0.1, 0.15) is 5.69 Å². The fourth-order valence-electron chi connectivity index (χ4n) is 1.48. The lowest BCUT2D eigenvalue weighted by Gasteiger charge is -2.10. The van der Waals surface area contributed by atoms with Gasteiger partial charge in [-0.3, -0.25) is 9.78 Å². The van der Waals surface area contributed by atoms with E-state index in [0.717, 1.165) is 5.69 Å². The first-order chi connectivity index (χ1) is 9.06. The molecule has 0 bridgehead atoms. The zero-order chi connectivity index (χ0) is 13.8. The summed E-state index contributed by atoms with van der Waals surface area (Å²) in [6, 6.07) is 3.47. The fourth-order valence-corrected chi connectivity index (χ4v) is 1.48. The monoisotopic (exact) mass is 261 g/mol. The minimum absolute atomic E-state index is 0.140. The van der Waals surface area contributed by atoms with Crippen LogP contribution in [0.5, 0.6) is 0 Å². The molecule has 0 fully saturated rings. The quantitative estimate of drug-likeness (QED) is 0.886. The van der Waals surface area contributed by atoms with Gasteiger partial charge in [0.2, 0.25) is 5.89 Å². The highest BCUT2D eigenvalue weighted by atomic mass is 16.5. The van der Waals surface area contributed by atoms with Crippen molar-refractivity contribution in [1.29, 1.82) is 0 Å². The van der Waals surface area contributed by atoms with E-state index in [0.29, 0.717) is 24.0 Å². The van der Waals surface area contributed by atoms with E-state index >= 15 is 0 Å². The maximum absolute atomic E-state index is 11.8. The molecule has 0 aliphatic heterocycles. The van der Waals surface area contributed by atoms with Crippen LogP contribution in [0.25, 0.3) is 0 Å². The number of amides is 1. The Balaban J connectivity index is 2.05. The highest BCUT2D eigenvalue weighted by Crippen LogP contribution is 2.10. The van der Waals surface area contributed by atoms with E-state index in [2.05, 4.69) is 20.4 Å². The van der Waals surface area contributed by atoms with Crippen molar-refractivity contribution in [3.05, 3.63) is 35.7 Å². The van der Waals surface area contributed by atoms with Gasteiger partial charge < -0.3 is 14.7 Å². The van der Waals surface area contributed by atoms with Gasteiger partial charge in [-0.2, -0.15) is 4.98 Å². The molecule has 0 saturated carbocycles. The number of nitrogens with one attached hydrogen (secondary N) is 1. The van der Waals surface area contributed by atoms with E-state index in [4.69, 9.17) is 4.52 Å². The normalized spacial score (nSPS) is 10.3. The minimum Gasteiger partial charge on any atom is -0.377 e. The number of pyridine rings is 1. The first-order valence-corrected chi connectivity index (χ1v) is 5.77. The second kappa shape index (κ2) is 5.47. The van der Waals surface area contributed by atoms with Crippen LogP contribution >= 0.6 is 0 Å². The molecule has 7 nitrogen and oxygen atoms in total. The molecule has 2 aromatic rings. The molecule has 2 aromatic heterocycles. The van der Waals surface area contributed by atoms with Crippen LogP contribution in [-0.2, 0) is 6.54 Å². The summed E-state index contributed by atoms with van der Waals surface area (Å²) in [4.78, 5) is 21.4. The van der Waals surface area contributed by atoms with Crippen molar-refractivity contribution < 1.29 is 9.32 Å². The molecule has 100 valence electrons. The number of rotatable bonds is 4. The summed E-state index contributed by atoms with van der Waals surface area (Å²) in [6.07, 6.45) is 1.58. The van der Waals surface area contributed by atoms with Gasteiger partial charge >= 0.3 is 0 Å². The number of hydrogen-bond acceptors (Lipinski definition) is 6. The van der Waals surface area contributed by atoms with Crippen LogP contribution in [0.15, 0.2) is 22.9 Å². The third-order valence-electron chi connectivity index (χ3n) is 2.41. The van der Waals surface area contributed by atoms with Crippen molar-refractivity contribution in [2.24, 2.45) is 0 Å². The first-order valence-electron chi connectivity index (χ1n) is 5.77. The number of carbonyl (C=O) groups excluding carboxylic acids is 1. The summed E-state index contributed by atoms with van der Waals surface area (Å²) < 4.78 is 4.87. The van der Waals surface area contributed by atoms with Crippen molar-refractivity contribution in [2.45, 2.75) is 13.5 Å². The predicted octanol–water partition coefficient (Wildman–Crippen LogP) is 1.09. The topological polar surface area (TPSA) is 84.2 Å². The van der Waals surface area contributed by atoms with Gasteiger partial charge in [0.05, 0.1) is 6.54 Å².